The lowest BCUT2D eigenvalue weighted by molar-refractivity contribution is -0.114. The molecule has 3 aromatic rings. The highest BCUT2D eigenvalue weighted by Gasteiger charge is 2.23. The quantitative estimate of drug-likeness (QED) is 0.145. The lowest BCUT2D eigenvalue weighted by atomic mass is 10.1. The molecule has 0 aliphatic carbocycles. The minimum atomic E-state index is -4.35. The number of ether oxygens (including phenoxy) is 2. The minimum Gasteiger partial charge on any atom is -0.493 e. The van der Waals surface area contributed by atoms with E-state index in [4.69, 9.17) is 25.3 Å². The number of carbonyl (C=O) groups is 3. The van der Waals surface area contributed by atoms with Crippen LogP contribution in [-0.4, -0.2) is 39.9 Å². The highest BCUT2D eigenvalue weighted by Crippen LogP contribution is 2.39. The van der Waals surface area contributed by atoms with Crippen molar-refractivity contribution in [2.75, 3.05) is 24.4 Å². The fraction of sp³-hybridized carbons (Fsp3) is 0.143. The highest BCUT2D eigenvalue weighted by atomic mass is 35.5. The molecule has 0 heterocycles. The van der Waals surface area contributed by atoms with E-state index in [0.29, 0.717) is 16.9 Å². The third-order valence-electron chi connectivity index (χ3n) is 5.24. The molecule has 0 bridgehead atoms. The van der Waals surface area contributed by atoms with Crippen LogP contribution in [0.25, 0.3) is 6.08 Å². The summed E-state index contributed by atoms with van der Waals surface area (Å²) < 4.78 is 41.1. The average molecular weight is 598 g/mol. The Labute approximate surface area is 241 Å². The Hall–Kier alpha value is -4.86. The minimum absolute atomic E-state index is 0.0746. The maximum Gasteiger partial charge on any atom is 0.339 e. The standard InChI is InChI=1S/C28H24ClN3O8S/c1-4-39-28(35)19-5-7-22(8-6-19)32-27(34)20(16-30)13-18-14-24(29)26(25(15-18)38-3)40-41(36,37)23-11-9-21(10-12-23)31-17(2)33/h5-15H,4H2,1-3H3,(H,31,33)(H,32,34)/b20-13+. The van der Waals surface area contributed by atoms with Gasteiger partial charge in [-0.05, 0) is 79.2 Å². The van der Waals surface area contributed by atoms with Crippen LogP contribution in [0.1, 0.15) is 29.8 Å². The van der Waals surface area contributed by atoms with Crippen LogP contribution < -0.4 is 19.6 Å². The molecule has 0 radical (unpaired) electrons. The molecular formula is C28H24ClN3O8S. The van der Waals surface area contributed by atoms with Gasteiger partial charge in [-0.2, -0.15) is 13.7 Å². The van der Waals surface area contributed by atoms with Crippen LogP contribution in [0.5, 0.6) is 11.5 Å². The molecule has 0 fully saturated rings. The molecule has 0 aliphatic heterocycles. The van der Waals surface area contributed by atoms with Crippen molar-refractivity contribution in [1.29, 1.82) is 5.26 Å². The maximum absolute atomic E-state index is 12.9. The van der Waals surface area contributed by atoms with Gasteiger partial charge in [0.15, 0.2) is 5.75 Å². The Balaban J connectivity index is 1.82. The summed E-state index contributed by atoms with van der Waals surface area (Å²) in [4.78, 5) is 35.5. The summed E-state index contributed by atoms with van der Waals surface area (Å²) in [5.74, 6) is -1.94. The van der Waals surface area contributed by atoms with Crippen molar-refractivity contribution in [3.63, 3.8) is 0 Å². The van der Waals surface area contributed by atoms with E-state index in [1.54, 1.807) is 13.0 Å². The molecule has 0 spiro atoms. The molecule has 2 amide bonds. The van der Waals surface area contributed by atoms with Gasteiger partial charge in [0.1, 0.15) is 16.5 Å². The number of hydrogen-bond donors (Lipinski definition) is 2. The van der Waals surface area contributed by atoms with Crippen LogP contribution >= 0.6 is 11.6 Å². The van der Waals surface area contributed by atoms with Crippen molar-refractivity contribution in [2.24, 2.45) is 0 Å². The first-order valence-corrected chi connectivity index (χ1v) is 13.7. The predicted octanol–water partition coefficient (Wildman–Crippen LogP) is 4.80. The SMILES string of the molecule is CCOC(=O)c1ccc(NC(=O)/C(C#N)=C/c2cc(Cl)c(OS(=O)(=O)c3ccc(NC(C)=O)cc3)c(OC)c2)cc1. The van der Waals surface area contributed by atoms with E-state index in [0.717, 1.165) is 0 Å². The van der Waals surface area contributed by atoms with Gasteiger partial charge in [-0.25, -0.2) is 4.79 Å². The van der Waals surface area contributed by atoms with Gasteiger partial charge in [-0.3, -0.25) is 9.59 Å². The van der Waals surface area contributed by atoms with Gasteiger partial charge in [0.05, 0.1) is 24.3 Å². The molecule has 3 aromatic carbocycles. The third-order valence-corrected chi connectivity index (χ3v) is 6.75. The molecule has 41 heavy (non-hydrogen) atoms. The van der Waals surface area contributed by atoms with Crippen LogP contribution in [0.15, 0.2) is 71.1 Å². The second-order valence-corrected chi connectivity index (χ2v) is 10.2. The Morgan fingerprint density at radius 1 is 1.00 bits per heavy atom. The van der Waals surface area contributed by atoms with Crippen LogP contribution in [0.4, 0.5) is 11.4 Å². The Bertz CT molecular complexity index is 1650. The number of esters is 1. The predicted molar refractivity (Wildman–Crippen MR) is 151 cm³/mol. The zero-order valence-corrected chi connectivity index (χ0v) is 23.6. The van der Waals surface area contributed by atoms with Gasteiger partial charge >= 0.3 is 16.1 Å². The lowest BCUT2D eigenvalue weighted by Gasteiger charge is -2.14. The number of methoxy groups -OCH3 is 1. The second kappa shape index (κ2) is 13.5. The van der Waals surface area contributed by atoms with Crippen molar-refractivity contribution >= 4 is 57.0 Å². The molecule has 11 nitrogen and oxygen atoms in total. The topological polar surface area (TPSA) is 161 Å². The molecule has 0 atom stereocenters. The average Bonchev–Trinajstić information content (AvgIpc) is 2.93. The number of hydrogen-bond acceptors (Lipinski definition) is 9. The normalized spacial score (nSPS) is 11.1. The van der Waals surface area contributed by atoms with Crippen molar-refractivity contribution in [3.8, 4) is 17.6 Å². The molecule has 2 N–H and O–H groups in total. The molecule has 0 saturated heterocycles. The number of halogens is 1. The molecule has 0 saturated carbocycles. The van der Waals surface area contributed by atoms with E-state index >= 15 is 0 Å². The van der Waals surface area contributed by atoms with E-state index in [-0.39, 0.29) is 45.1 Å². The first-order chi connectivity index (χ1) is 19.5. The van der Waals surface area contributed by atoms with E-state index in [1.165, 1.54) is 80.8 Å². The van der Waals surface area contributed by atoms with Gasteiger partial charge in [-0.15, -0.1) is 0 Å². The number of benzene rings is 3. The lowest BCUT2D eigenvalue weighted by Crippen LogP contribution is -2.14. The number of nitrogens with one attached hydrogen (secondary N) is 2. The van der Waals surface area contributed by atoms with E-state index in [9.17, 15) is 28.1 Å². The van der Waals surface area contributed by atoms with Crippen molar-refractivity contribution < 1.29 is 36.5 Å². The molecular weight excluding hydrogens is 574 g/mol. The van der Waals surface area contributed by atoms with Gasteiger partial charge in [0.25, 0.3) is 5.91 Å². The Morgan fingerprint density at radius 2 is 1.61 bits per heavy atom. The fourth-order valence-corrected chi connectivity index (χ4v) is 4.65. The first kappa shape index (κ1) is 30.7. The molecule has 13 heteroatoms. The van der Waals surface area contributed by atoms with Gasteiger partial charge < -0.3 is 24.3 Å². The van der Waals surface area contributed by atoms with Crippen LogP contribution in [0.2, 0.25) is 5.02 Å². The van der Waals surface area contributed by atoms with E-state index in [1.807, 2.05) is 0 Å². The highest BCUT2D eigenvalue weighted by molar-refractivity contribution is 7.87. The van der Waals surface area contributed by atoms with Gasteiger partial charge in [0, 0.05) is 18.3 Å². The summed E-state index contributed by atoms with van der Waals surface area (Å²) in [7, 11) is -3.09. The summed E-state index contributed by atoms with van der Waals surface area (Å²) in [6.07, 6.45) is 1.23. The van der Waals surface area contributed by atoms with Crippen LogP contribution in [0.3, 0.4) is 0 Å². The van der Waals surface area contributed by atoms with Crippen molar-refractivity contribution in [1.82, 2.24) is 0 Å². The molecule has 0 aliphatic rings. The van der Waals surface area contributed by atoms with Gasteiger partial charge in [-0.1, -0.05) is 11.6 Å². The third kappa shape index (κ3) is 8.07. The van der Waals surface area contributed by atoms with E-state index in [2.05, 4.69) is 10.6 Å². The summed E-state index contributed by atoms with van der Waals surface area (Å²) in [5.41, 5.74) is 0.987. The van der Waals surface area contributed by atoms with Crippen LogP contribution in [-0.2, 0) is 24.4 Å². The smallest absolute Gasteiger partial charge is 0.339 e. The Morgan fingerprint density at radius 3 is 2.17 bits per heavy atom. The fourth-order valence-electron chi connectivity index (χ4n) is 3.39. The van der Waals surface area contributed by atoms with Crippen molar-refractivity contribution in [3.05, 3.63) is 82.4 Å². The number of anilines is 2. The molecule has 3 rings (SSSR count). The Kier molecular flexibility index (Phi) is 10.1. The van der Waals surface area contributed by atoms with Gasteiger partial charge in [0.2, 0.25) is 11.7 Å². The largest absolute Gasteiger partial charge is 0.493 e. The zero-order chi connectivity index (χ0) is 30.2. The van der Waals surface area contributed by atoms with E-state index < -0.39 is 22.0 Å². The number of nitrogens with zero attached hydrogens (tertiary/aromatic N) is 1. The number of carbonyl (C=O) groups excluding carboxylic acids is 3. The molecule has 0 aromatic heterocycles. The van der Waals surface area contributed by atoms with Crippen LogP contribution in [0, 0.1) is 11.3 Å². The number of rotatable bonds is 10. The zero-order valence-electron chi connectivity index (χ0n) is 22.1. The summed E-state index contributed by atoms with van der Waals surface area (Å²) in [5, 5.41) is 14.5. The summed E-state index contributed by atoms with van der Waals surface area (Å²) in [6.45, 7) is 3.23. The monoisotopic (exact) mass is 597 g/mol. The number of amides is 2. The summed E-state index contributed by atoms with van der Waals surface area (Å²) in [6, 6.07) is 15.6. The molecule has 212 valence electrons. The maximum atomic E-state index is 12.9. The number of nitriles is 1. The summed E-state index contributed by atoms with van der Waals surface area (Å²) >= 11 is 6.32. The first-order valence-electron chi connectivity index (χ1n) is 11.9. The van der Waals surface area contributed by atoms with Crippen molar-refractivity contribution in [2.45, 2.75) is 18.7 Å². The molecule has 0 unspecified atom stereocenters. The second-order valence-electron chi connectivity index (χ2n) is 8.20.